The number of rotatable bonds is 6. The van der Waals surface area contributed by atoms with Crippen molar-refractivity contribution in [1.29, 1.82) is 0 Å². The summed E-state index contributed by atoms with van der Waals surface area (Å²) < 4.78 is 6.04. The topological polar surface area (TPSA) is 21.3 Å². The molecule has 0 aliphatic heterocycles. The Balaban J connectivity index is 2.72. The molecule has 1 atom stereocenters. The minimum atomic E-state index is 0.274. The molecule has 1 N–H and O–H groups in total. The zero-order chi connectivity index (χ0) is 12.0. The fourth-order valence-corrected chi connectivity index (χ4v) is 1.78. The van der Waals surface area contributed by atoms with Gasteiger partial charge in [0.1, 0.15) is 11.9 Å². The van der Waals surface area contributed by atoms with Crippen LogP contribution >= 0.6 is 0 Å². The Bertz CT molecular complexity index is 317. The van der Waals surface area contributed by atoms with Crippen LogP contribution in [-0.4, -0.2) is 19.7 Å². The summed E-state index contributed by atoms with van der Waals surface area (Å²) in [5.74, 6) is 1.02. The lowest BCUT2D eigenvalue weighted by atomic mass is 10.1. The van der Waals surface area contributed by atoms with Crippen LogP contribution in [0.15, 0.2) is 18.2 Å². The Morgan fingerprint density at radius 3 is 2.69 bits per heavy atom. The van der Waals surface area contributed by atoms with E-state index in [9.17, 15) is 0 Å². The standard InChI is InChI=1S/C14H23NO/c1-5-7-13(10-15-4)16-14-9-6-8-11(2)12(14)3/h6,8-9,13,15H,5,7,10H2,1-4H3. The van der Waals surface area contributed by atoms with Crippen LogP contribution < -0.4 is 10.1 Å². The van der Waals surface area contributed by atoms with Crippen LogP contribution in [0.5, 0.6) is 5.75 Å². The third-order valence-electron chi connectivity index (χ3n) is 2.89. The highest BCUT2D eigenvalue weighted by Crippen LogP contribution is 2.22. The second kappa shape index (κ2) is 6.54. The fourth-order valence-electron chi connectivity index (χ4n) is 1.78. The Kier molecular flexibility index (Phi) is 5.33. The Hall–Kier alpha value is -1.02. The van der Waals surface area contributed by atoms with Crippen molar-refractivity contribution >= 4 is 0 Å². The number of hydrogen-bond donors (Lipinski definition) is 1. The van der Waals surface area contributed by atoms with Crippen molar-refractivity contribution in [2.24, 2.45) is 0 Å². The van der Waals surface area contributed by atoms with E-state index in [1.807, 2.05) is 7.05 Å². The Morgan fingerprint density at radius 2 is 2.06 bits per heavy atom. The molecule has 0 radical (unpaired) electrons. The zero-order valence-electron chi connectivity index (χ0n) is 10.8. The number of benzene rings is 1. The van der Waals surface area contributed by atoms with Gasteiger partial charge in [-0.15, -0.1) is 0 Å². The molecular formula is C14H23NO. The molecule has 0 fully saturated rings. The van der Waals surface area contributed by atoms with E-state index in [0.717, 1.165) is 25.1 Å². The SMILES string of the molecule is CCCC(CNC)Oc1cccc(C)c1C. The maximum Gasteiger partial charge on any atom is 0.122 e. The molecule has 0 amide bonds. The van der Waals surface area contributed by atoms with Gasteiger partial charge in [-0.25, -0.2) is 0 Å². The van der Waals surface area contributed by atoms with Crippen LogP contribution in [0.1, 0.15) is 30.9 Å². The lowest BCUT2D eigenvalue weighted by Gasteiger charge is -2.20. The summed E-state index contributed by atoms with van der Waals surface area (Å²) in [4.78, 5) is 0. The molecule has 2 heteroatoms. The largest absolute Gasteiger partial charge is 0.489 e. The van der Waals surface area contributed by atoms with E-state index >= 15 is 0 Å². The maximum absolute atomic E-state index is 6.04. The van der Waals surface area contributed by atoms with Gasteiger partial charge >= 0.3 is 0 Å². The van der Waals surface area contributed by atoms with Crippen molar-refractivity contribution in [2.45, 2.75) is 39.7 Å². The molecule has 0 aromatic heterocycles. The molecule has 16 heavy (non-hydrogen) atoms. The molecule has 90 valence electrons. The lowest BCUT2D eigenvalue weighted by Crippen LogP contribution is -2.29. The molecule has 1 aromatic carbocycles. The predicted molar refractivity (Wildman–Crippen MR) is 69.2 cm³/mol. The molecule has 1 unspecified atom stereocenters. The second-order valence-electron chi connectivity index (χ2n) is 4.28. The predicted octanol–water partition coefficient (Wildman–Crippen LogP) is 3.07. The van der Waals surface area contributed by atoms with Crippen LogP contribution in [0, 0.1) is 13.8 Å². The first kappa shape index (κ1) is 13.0. The lowest BCUT2D eigenvalue weighted by molar-refractivity contribution is 0.188. The van der Waals surface area contributed by atoms with Gasteiger partial charge in [0.05, 0.1) is 0 Å². The second-order valence-corrected chi connectivity index (χ2v) is 4.28. The highest BCUT2D eigenvalue weighted by atomic mass is 16.5. The van der Waals surface area contributed by atoms with Crippen molar-refractivity contribution in [2.75, 3.05) is 13.6 Å². The molecule has 2 nitrogen and oxygen atoms in total. The third-order valence-corrected chi connectivity index (χ3v) is 2.89. The molecule has 0 aliphatic carbocycles. The minimum absolute atomic E-state index is 0.274. The highest BCUT2D eigenvalue weighted by molar-refractivity contribution is 5.38. The first-order chi connectivity index (χ1) is 7.69. The van der Waals surface area contributed by atoms with Crippen LogP contribution in [0.3, 0.4) is 0 Å². The van der Waals surface area contributed by atoms with Gasteiger partial charge in [-0.3, -0.25) is 0 Å². The zero-order valence-corrected chi connectivity index (χ0v) is 10.8. The van der Waals surface area contributed by atoms with Crippen molar-refractivity contribution in [3.8, 4) is 5.75 Å². The average Bonchev–Trinajstić information content (AvgIpc) is 2.25. The average molecular weight is 221 g/mol. The van der Waals surface area contributed by atoms with Gasteiger partial charge in [-0.1, -0.05) is 25.5 Å². The number of nitrogens with one attached hydrogen (secondary N) is 1. The monoisotopic (exact) mass is 221 g/mol. The third kappa shape index (κ3) is 3.53. The van der Waals surface area contributed by atoms with E-state index in [0.29, 0.717) is 0 Å². The quantitative estimate of drug-likeness (QED) is 0.797. The highest BCUT2D eigenvalue weighted by Gasteiger charge is 2.10. The molecule has 0 saturated carbocycles. The van der Waals surface area contributed by atoms with Gasteiger partial charge in [0.2, 0.25) is 0 Å². The van der Waals surface area contributed by atoms with Crippen molar-refractivity contribution in [3.63, 3.8) is 0 Å². The van der Waals surface area contributed by atoms with Crippen molar-refractivity contribution < 1.29 is 4.74 Å². The van der Waals surface area contributed by atoms with Crippen LogP contribution in [-0.2, 0) is 0 Å². The molecule has 0 saturated heterocycles. The minimum Gasteiger partial charge on any atom is -0.489 e. The first-order valence-corrected chi connectivity index (χ1v) is 6.06. The first-order valence-electron chi connectivity index (χ1n) is 6.06. The van der Waals surface area contributed by atoms with E-state index in [4.69, 9.17) is 4.74 Å². The van der Waals surface area contributed by atoms with Crippen molar-refractivity contribution in [1.82, 2.24) is 5.32 Å². The van der Waals surface area contributed by atoms with Gasteiger partial charge in [0.15, 0.2) is 0 Å². The van der Waals surface area contributed by atoms with E-state index < -0.39 is 0 Å². The molecule has 0 aliphatic rings. The molecule has 0 heterocycles. The van der Waals surface area contributed by atoms with Gasteiger partial charge in [0.25, 0.3) is 0 Å². The van der Waals surface area contributed by atoms with E-state index in [1.165, 1.54) is 11.1 Å². The normalized spacial score (nSPS) is 12.5. The van der Waals surface area contributed by atoms with Gasteiger partial charge in [0, 0.05) is 6.54 Å². The van der Waals surface area contributed by atoms with E-state index in [1.54, 1.807) is 0 Å². The summed E-state index contributed by atoms with van der Waals surface area (Å²) in [5.41, 5.74) is 2.54. The number of ether oxygens (including phenoxy) is 1. The number of aryl methyl sites for hydroxylation is 1. The molecule has 0 bridgehead atoms. The van der Waals surface area contributed by atoms with Crippen LogP contribution in [0.4, 0.5) is 0 Å². The van der Waals surface area contributed by atoms with Gasteiger partial charge in [-0.05, 0) is 44.5 Å². The van der Waals surface area contributed by atoms with Crippen LogP contribution in [0.2, 0.25) is 0 Å². The summed E-state index contributed by atoms with van der Waals surface area (Å²) >= 11 is 0. The Morgan fingerprint density at radius 1 is 1.31 bits per heavy atom. The maximum atomic E-state index is 6.04. The summed E-state index contributed by atoms with van der Waals surface area (Å²) in [6.45, 7) is 7.33. The summed E-state index contributed by atoms with van der Waals surface area (Å²) in [6.07, 6.45) is 2.52. The number of likely N-dealkylation sites (N-methyl/N-ethyl adjacent to an activating group) is 1. The molecule has 0 spiro atoms. The summed E-state index contributed by atoms with van der Waals surface area (Å²) in [7, 11) is 1.97. The molecular weight excluding hydrogens is 198 g/mol. The molecule has 1 aromatic rings. The smallest absolute Gasteiger partial charge is 0.122 e. The van der Waals surface area contributed by atoms with Crippen molar-refractivity contribution in [3.05, 3.63) is 29.3 Å². The Labute approximate surface area is 99.0 Å². The molecule has 1 rings (SSSR count). The summed E-state index contributed by atoms with van der Waals surface area (Å²) in [6, 6.07) is 6.23. The van der Waals surface area contributed by atoms with E-state index in [-0.39, 0.29) is 6.10 Å². The van der Waals surface area contributed by atoms with Gasteiger partial charge in [-0.2, -0.15) is 0 Å². The van der Waals surface area contributed by atoms with E-state index in [2.05, 4.69) is 44.3 Å². The van der Waals surface area contributed by atoms with Gasteiger partial charge < -0.3 is 10.1 Å². The summed E-state index contributed by atoms with van der Waals surface area (Å²) in [5, 5.41) is 3.18. The number of hydrogen-bond acceptors (Lipinski definition) is 2. The fraction of sp³-hybridized carbons (Fsp3) is 0.571. The van der Waals surface area contributed by atoms with Crippen LogP contribution in [0.25, 0.3) is 0 Å².